The molecule has 0 spiro atoms. The van der Waals surface area contributed by atoms with Crippen LogP contribution in [0.5, 0.6) is 0 Å². The molecular formula is C26H29N5OS. The van der Waals surface area contributed by atoms with Crippen molar-refractivity contribution in [2.24, 2.45) is 15.9 Å². The van der Waals surface area contributed by atoms with Gasteiger partial charge in [-0.3, -0.25) is 0 Å². The number of anilines is 1. The molecule has 0 saturated carbocycles. The normalized spacial score (nSPS) is 20.9. The molecule has 0 bridgehead atoms. The van der Waals surface area contributed by atoms with Crippen LogP contribution in [0.15, 0.2) is 70.1 Å². The Balaban J connectivity index is 1.43. The SMILES string of the molecule is CN1CCCC1CCN1c2ccc(N=C(N)c3cccs3)cc2CC1c1ccc(N=O)cc1. The molecule has 6 nitrogen and oxygen atoms in total. The molecule has 3 aromatic rings. The minimum Gasteiger partial charge on any atom is -0.383 e. The number of nitrogens with zero attached hydrogens (tertiary/aromatic N) is 4. The Labute approximate surface area is 198 Å². The number of amidine groups is 1. The monoisotopic (exact) mass is 459 g/mol. The lowest BCUT2D eigenvalue weighted by atomic mass is 10.0. The zero-order valence-electron chi connectivity index (χ0n) is 18.9. The summed E-state index contributed by atoms with van der Waals surface area (Å²) in [4.78, 5) is 21.6. The van der Waals surface area contributed by atoms with Crippen LogP contribution < -0.4 is 10.6 Å². The molecule has 33 heavy (non-hydrogen) atoms. The van der Waals surface area contributed by atoms with Crippen LogP contribution >= 0.6 is 11.3 Å². The van der Waals surface area contributed by atoms with Crippen molar-refractivity contribution >= 4 is 34.2 Å². The van der Waals surface area contributed by atoms with Crippen molar-refractivity contribution in [1.82, 2.24) is 4.90 Å². The number of hydrogen-bond acceptors (Lipinski definition) is 6. The molecular weight excluding hydrogens is 430 g/mol. The quantitative estimate of drug-likeness (QED) is 0.276. The van der Waals surface area contributed by atoms with Gasteiger partial charge in [-0.1, -0.05) is 18.2 Å². The molecule has 1 aromatic heterocycles. The lowest BCUT2D eigenvalue weighted by Gasteiger charge is -2.30. The number of aliphatic imine (C=N–C) groups is 1. The molecule has 2 aromatic carbocycles. The van der Waals surface area contributed by atoms with E-state index in [0.717, 1.165) is 30.0 Å². The lowest BCUT2D eigenvalue weighted by Crippen LogP contribution is -2.32. The van der Waals surface area contributed by atoms with Gasteiger partial charge in [-0.2, -0.15) is 0 Å². The number of nitrogens with two attached hydrogens (primary N) is 1. The van der Waals surface area contributed by atoms with Gasteiger partial charge in [-0.15, -0.1) is 16.2 Å². The first-order valence-electron chi connectivity index (χ1n) is 11.5. The van der Waals surface area contributed by atoms with Crippen molar-refractivity contribution in [2.75, 3.05) is 25.0 Å². The van der Waals surface area contributed by atoms with E-state index in [0.29, 0.717) is 17.6 Å². The predicted octanol–water partition coefficient (Wildman–Crippen LogP) is 5.77. The highest BCUT2D eigenvalue weighted by Gasteiger charge is 2.32. The highest BCUT2D eigenvalue weighted by molar-refractivity contribution is 7.12. The summed E-state index contributed by atoms with van der Waals surface area (Å²) in [6.45, 7) is 2.19. The Hall–Kier alpha value is -3.03. The third kappa shape index (κ3) is 4.56. The zero-order valence-corrected chi connectivity index (χ0v) is 19.7. The molecule has 1 fully saturated rings. The summed E-state index contributed by atoms with van der Waals surface area (Å²) in [6.07, 6.45) is 4.61. The summed E-state index contributed by atoms with van der Waals surface area (Å²) < 4.78 is 0. The number of likely N-dealkylation sites (tertiary alicyclic amines) is 1. The van der Waals surface area contributed by atoms with Crippen LogP contribution in [0, 0.1) is 4.91 Å². The molecule has 5 rings (SSSR count). The van der Waals surface area contributed by atoms with Crippen LogP contribution in [0.1, 0.15) is 41.3 Å². The highest BCUT2D eigenvalue weighted by Crippen LogP contribution is 2.42. The van der Waals surface area contributed by atoms with E-state index in [1.807, 2.05) is 41.8 Å². The molecule has 170 valence electrons. The standard InChI is InChI=1S/C26H29N5OS/c1-30-13-2-4-22(30)12-14-31-23-11-10-21(28-26(27)25-5-3-15-33-25)16-19(23)17-24(31)18-6-8-20(29-32)9-7-18/h3,5-11,15-16,22,24H,2,4,12-14,17H2,1H3,(H2,27,28). The van der Waals surface area contributed by atoms with Gasteiger partial charge in [0.15, 0.2) is 0 Å². The average molecular weight is 460 g/mol. The van der Waals surface area contributed by atoms with Crippen molar-refractivity contribution < 1.29 is 0 Å². The van der Waals surface area contributed by atoms with E-state index in [2.05, 4.69) is 45.2 Å². The Kier molecular flexibility index (Phi) is 6.24. The van der Waals surface area contributed by atoms with E-state index in [9.17, 15) is 4.91 Å². The Morgan fingerprint density at radius 1 is 1.15 bits per heavy atom. The molecule has 0 aliphatic carbocycles. The Morgan fingerprint density at radius 2 is 1.97 bits per heavy atom. The molecule has 2 aliphatic rings. The molecule has 3 heterocycles. The van der Waals surface area contributed by atoms with Crippen molar-refractivity contribution in [3.8, 4) is 0 Å². The van der Waals surface area contributed by atoms with E-state index in [1.54, 1.807) is 11.3 Å². The smallest absolute Gasteiger partial charge is 0.141 e. The number of thiophene rings is 1. The van der Waals surface area contributed by atoms with Crippen LogP contribution in [0.25, 0.3) is 0 Å². The summed E-state index contributed by atoms with van der Waals surface area (Å²) in [7, 11) is 2.24. The van der Waals surface area contributed by atoms with Gasteiger partial charge >= 0.3 is 0 Å². The van der Waals surface area contributed by atoms with Crippen LogP contribution in [-0.4, -0.2) is 36.9 Å². The van der Waals surface area contributed by atoms with Crippen LogP contribution in [0.3, 0.4) is 0 Å². The summed E-state index contributed by atoms with van der Waals surface area (Å²) in [5, 5.41) is 5.07. The van der Waals surface area contributed by atoms with E-state index in [4.69, 9.17) is 5.73 Å². The first-order valence-corrected chi connectivity index (χ1v) is 12.4. The number of fused-ring (bicyclic) bond motifs is 1. The topological polar surface area (TPSA) is 74.3 Å². The van der Waals surface area contributed by atoms with Crippen molar-refractivity contribution in [1.29, 1.82) is 0 Å². The van der Waals surface area contributed by atoms with Crippen LogP contribution in [0.2, 0.25) is 0 Å². The largest absolute Gasteiger partial charge is 0.383 e. The molecule has 0 radical (unpaired) electrons. The van der Waals surface area contributed by atoms with Crippen molar-refractivity contribution in [3.05, 3.63) is 80.9 Å². The van der Waals surface area contributed by atoms with Gasteiger partial charge in [-0.25, -0.2) is 4.99 Å². The molecule has 2 N–H and O–H groups in total. The Morgan fingerprint density at radius 3 is 2.67 bits per heavy atom. The first kappa shape index (κ1) is 21.8. The van der Waals surface area contributed by atoms with Gasteiger partial charge < -0.3 is 15.5 Å². The molecule has 2 atom stereocenters. The Bertz CT molecular complexity index is 1140. The van der Waals surface area contributed by atoms with Gasteiger partial charge in [-0.05, 0) is 97.4 Å². The first-order chi connectivity index (χ1) is 16.1. The van der Waals surface area contributed by atoms with Crippen LogP contribution in [0.4, 0.5) is 17.1 Å². The third-order valence-corrected chi connectivity index (χ3v) is 7.84. The second-order valence-electron chi connectivity index (χ2n) is 8.95. The second-order valence-corrected chi connectivity index (χ2v) is 9.90. The van der Waals surface area contributed by atoms with Gasteiger partial charge in [0.25, 0.3) is 0 Å². The zero-order chi connectivity index (χ0) is 22.8. The van der Waals surface area contributed by atoms with E-state index >= 15 is 0 Å². The number of rotatable bonds is 7. The van der Waals surface area contributed by atoms with Gasteiger partial charge in [0.2, 0.25) is 0 Å². The van der Waals surface area contributed by atoms with E-state index in [-0.39, 0.29) is 6.04 Å². The van der Waals surface area contributed by atoms with Crippen molar-refractivity contribution in [2.45, 2.75) is 37.8 Å². The fourth-order valence-corrected chi connectivity index (χ4v) is 5.78. The maximum absolute atomic E-state index is 10.9. The lowest BCUT2D eigenvalue weighted by molar-refractivity contribution is 0.296. The molecule has 2 unspecified atom stereocenters. The van der Waals surface area contributed by atoms with Gasteiger partial charge in [0.1, 0.15) is 11.5 Å². The third-order valence-electron chi connectivity index (χ3n) is 6.94. The molecule has 0 amide bonds. The highest BCUT2D eigenvalue weighted by atomic mass is 32.1. The average Bonchev–Trinajstić information content (AvgIpc) is 3.58. The molecule has 2 aliphatic heterocycles. The molecule has 1 saturated heterocycles. The minimum atomic E-state index is 0.237. The number of hydrogen-bond donors (Lipinski definition) is 1. The number of benzene rings is 2. The summed E-state index contributed by atoms with van der Waals surface area (Å²) in [5.74, 6) is 0.553. The predicted molar refractivity (Wildman–Crippen MR) is 137 cm³/mol. The summed E-state index contributed by atoms with van der Waals surface area (Å²) >= 11 is 1.60. The maximum Gasteiger partial charge on any atom is 0.141 e. The van der Waals surface area contributed by atoms with Gasteiger partial charge in [0.05, 0.1) is 16.6 Å². The fraction of sp³-hybridized carbons (Fsp3) is 0.346. The summed E-state index contributed by atoms with van der Waals surface area (Å²) in [5.41, 5.74) is 11.4. The van der Waals surface area contributed by atoms with Crippen molar-refractivity contribution in [3.63, 3.8) is 0 Å². The van der Waals surface area contributed by atoms with E-state index in [1.165, 1.54) is 36.2 Å². The second kappa shape index (κ2) is 9.45. The van der Waals surface area contributed by atoms with Crippen LogP contribution in [-0.2, 0) is 6.42 Å². The molecule has 7 heteroatoms. The van der Waals surface area contributed by atoms with E-state index < -0.39 is 0 Å². The van der Waals surface area contributed by atoms with Gasteiger partial charge in [0, 0.05) is 18.3 Å². The maximum atomic E-state index is 10.9. The minimum absolute atomic E-state index is 0.237. The number of nitroso groups, excluding NO2 is 1. The summed E-state index contributed by atoms with van der Waals surface area (Å²) in [6, 6.07) is 19.0. The fourth-order valence-electron chi connectivity index (χ4n) is 5.15.